The lowest BCUT2D eigenvalue weighted by molar-refractivity contribution is -0.117. The Bertz CT molecular complexity index is 539. The summed E-state index contributed by atoms with van der Waals surface area (Å²) in [6, 6.07) is 17.5. The highest BCUT2D eigenvalue weighted by Gasteiger charge is 2.13. The minimum Gasteiger partial charge on any atom is -0.314 e. The third kappa shape index (κ3) is 2.99. The summed E-state index contributed by atoms with van der Waals surface area (Å²) in [6.07, 6.45) is 0.415. The molecule has 0 atom stereocenters. The summed E-state index contributed by atoms with van der Waals surface area (Å²) in [7, 11) is 1.80. The van der Waals surface area contributed by atoms with Crippen molar-refractivity contribution in [3.8, 4) is 0 Å². The topological polar surface area (TPSA) is 20.3 Å². The molecule has 0 aliphatic heterocycles. The smallest absolute Gasteiger partial charge is 0.231 e. The molecule has 0 N–H and O–H groups in total. The van der Waals surface area contributed by atoms with Crippen molar-refractivity contribution < 1.29 is 4.79 Å². The molecule has 0 radical (unpaired) electrons. The molecule has 3 heteroatoms. The Morgan fingerprint density at radius 2 is 1.67 bits per heavy atom. The quantitative estimate of drug-likeness (QED) is 0.847. The van der Waals surface area contributed by atoms with Crippen molar-refractivity contribution in [3.63, 3.8) is 0 Å². The molecule has 2 aromatic rings. The minimum atomic E-state index is 0.0769. The average molecular weight is 304 g/mol. The van der Waals surface area contributed by atoms with E-state index in [1.54, 1.807) is 11.9 Å². The monoisotopic (exact) mass is 303 g/mol. The largest absolute Gasteiger partial charge is 0.314 e. The third-order valence-electron chi connectivity index (χ3n) is 2.79. The first-order chi connectivity index (χ1) is 8.68. The summed E-state index contributed by atoms with van der Waals surface area (Å²) in [4.78, 5) is 13.8. The molecule has 0 saturated heterocycles. The standard InChI is InChI=1S/C15H14BrNO/c1-17(14-10-6-5-9-13(14)16)15(18)11-12-7-3-2-4-8-12/h2-10H,11H2,1H3. The van der Waals surface area contributed by atoms with E-state index in [0.717, 1.165) is 15.7 Å². The molecule has 0 heterocycles. The molecule has 0 aliphatic rings. The Balaban J connectivity index is 2.13. The van der Waals surface area contributed by atoms with Crippen LogP contribution in [0.25, 0.3) is 0 Å². The molecule has 0 bridgehead atoms. The number of carbonyl (C=O) groups is 1. The van der Waals surface area contributed by atoms with Gasteiger partial charge in [-0.05, 0) is 33.6 Å². The Labute approximate surface area is 115 Å². The summed E-state index contributed by atoms with van der Waals surface area (Å²) in [5.41, 5.74) is 1.92. The van der Waals surface area contributed by atoms with Gasteiger partial charge in [-0.1, -0.05) is 42.5 Å². The number of amides is 1. The molecule has 92 valence electrons. The van der Waals surface area contributed by atoms with E-state index in [-0.39, 0.29) is 5.91 Å². The molecule has 0 aliphatic carbocycles. The van der Waals surface area contributed by atoms with E-state index in [2.05, 4.69) is 15.9 Å². The molecular formula is C15H14BrNO. The number of rotatable bonds is 3. The van der Waals surface area contributed by atoms with Crippen molar-refractivity contribution in [3.05, 3.63) is 64.6 Å². The molecule has 0 fully saturated rings. The van der Waals surface area contributed by atoms with Crippen molar-refractivity contribution in [2.24, 2.45) is 0 Å². The van der Waals surface area contributed by atoms with Crippen molar-refractivity contribution in [2.75, 3.05) is 11.9 Å². The molecule has 2 aromatic carbocycles. The highest BCUT2D eigenvalue weighted by atomic mass is 79.9. The van der Waals surface area contributed by atoms with Crippen LogP contribution in [0, 0.1) is 0 Å². The molecule has 2 rings (SSSR count). The van der Waals surface area contributed by atoms with Crippen LogP contribution < -0.4 is 4.90 Å². The summed E-state index contributed by atoms with van der Waals surface area (Å²) in [5.74, 6) is 0.0769. The summed E-state index contributed by atoms with van der Waals surface area (Å²) in [5, 5.41) is 0. The van der Waals surface area contributed by atoms with E-state index in [9.17, 15) is 4.79 Å². The van der Waals surface area contributed by atoms with Crippen LogP contribution in [-0.2, 0) is 11.2 Å². The Hall–Kier alpha value is -1.61. The Morgan fingerprint density at radius 3 is 2.33 bits per heavy atom. The van der Waals surface area contributed by atoms with Crippen molar-refractivity contribution >= 4 is 27.5 Å². The number of nitrogens with zero attached hydrogens (tertiary/aromatic N) is 1. The van der Waals surface area contributed by atoms with Crippen LogP contribution in [-0.4, -0.2) is 13.0 Å². The van der Waals surface area contributed by atoms with Crippen LogP contribution in [0.4, 0.5) is 5.69 Å². The second-order valence-electron chi connectivity index (χ2n) is 4.07. The van der Waals surface area contributed by atoms with Gasteiger partial charge in [-0.15, -0.1) is 0 Å². The number of hydrogen-bond acceptors (Lipinski definition) is 1. The first-order valence-electron chi connectivity index (χ1n) is 5.73. The van der Waals surface area contributed by atoms with Gasteiger partial charge in [0.25, 0.3) is 0 Å². The van der Waals surface area contributed by atoms with Crippen LogP contribution >= 0.6 is 15.9 Å². The predicted molar refractivity (Wildman–Crippen MR) is 77.7 cm³/mol. The van der Waals surface area contributed by atoms with Gasteiger partial charge in [-0.2, -0.15) is 0 Å². The number of hydrogen-bond donors (Lipinski definition) is 0. The van der Waals surface area contributed by atoms with E-state index >= 15 is 0 Å². The third-order valence-corrected chi connectivity index (χ3v) is 3.46. The van der Waals surface area contributed by atoms with E-state index < -0.39 is 0 Å². The molecule has 0 unspecified atom stereocenters. The lowest BCUT2D eigenvalue weighted by atomic mass is 10.1. The van der Waals surface area contributed by atoms with Crippen LogP contribution in [0.2, 0.25) is 0 Å². The maximum Gasteiger partial charge on any atom is 0.231 e. The van der Waals surface area contributed by atoms with Gasteiger partial charge in [0.2, 0.25) is 5.91 Å². The maximum atomic E-state index is 12.2. The molecule has 0 saturated carbocycles. The Morgan fingerprint density at radius 1 is 1.06 bits per heavy atom. The summed E-state index contributed by atoms with van der Waals surface area (Å²) >= 11 is 3.46. The van der Waals surface area contributed by atoms with Crippen LogP contribution in [0.3, 0.4) is 0 Å². The predicted octanol–water partition coefficient (Wildman–Crippen LogP) is 3.65. The lowest BCUT2D eigenvalue weighted by Gasteiger charge is -2.18. The number of carbonyl (C=O) groups excluding carboxylic acids is 1. The second kappa shape index (κ2) is 5.83. The van der Waals surface area contributed by atoms with E-state index in [0.29, 0.717) is 6.42 Å². The zero-order valence-electron chi connectivity index (χ0n) is 10.1. The number of para-hydroxylation sites is 1. The van der Waals surface area contributed by atoms with Gasteiger partial charge >= 0.3 is 0 Å². The summed E-state index contributed by atoms with van der Waals surface area (Å²) in [6.45, 7) is 0. The molecule has 1 amide bonds. The SMILES string of the molecule is CN(C(=O)Cc1ccccc1)c1ccccc1Br. The highest BCUT2D eigenvalue weighted by molar-refractivity contribution is 9.10. The Kier molecular flexibility index (Phi) is 4.15. The number of anilines is 1. The zero-order valence-corrected chi connectivity index (χ0v) is 11.7. The first kappa shape index (κ1) is 12.8. The molecular weight excluding hydrogens is 290 g/mol. The second-order valence-corrected chi connectivity index (χ2v) is 4.92. The van der Waals surface area contributed by atoms with Crippen LogP contribution in [0.1, 0.15) is 5.56 Å². The molecule has 2 nitrogen and oxygen atoms in total. The molecule has 0 spiro atoms. The van der Waals surface area contributed by atoms with E-state index in [4.69, 9.17) is 0 Å². The fourth-order valence-electron chi connectivity index (χ4n) is 1.75. The number of halogens is 1. The fraction of sp³-hybridized carbons (Fsp3) is 0.133. The fourth-order valence-corrected chi connectivity index (χ4v) is 2.30. The van der Waals surface area contributed by atoms with Gasteiger partial charge in [0.05, 0.1) is 12.1 Å². The van der Waals surface area contributed by atoms with Gasteiger partial charge in [0, 0.05) is 11.5 Å². The van der Waals surface area contributed by atoms with Gasteiger partial charge in [-0.25, -0.2) is 0 Å². The lowest BCUT2D eigenvalue weighted by Crippen LogP contribution is -2.28. The number of likely N-dealkylation sites (N-methyl/N-ethyl adjacent to an activating group) is 1. The number of benzene rings is 2. The van der Waals surface area contributed by atoms with Crippen molar-refractivity contribution in [1.29, 1.82) is 0 Å². The summed E-state index contributed by atoms with van der Waals surface area (Å²) < 4.78 is 0.925. The van der Waals surface area contributed by atoms with Gasteiger partial charge in [0.1, 0.15) is 0 Å². The van der Waals surface area contributed by atoms with Gasteiger partial charge < -0.3 is 4.90 Å². The normalized spacial score (nSPS) is 10.1. The zero-order chi connectivity index (χ0) is 13.0. The minimum absolute atomic E-state index is 0.0769. The van der Waals surface area contributed by atoms with Crippen LogP contribution in [0.15, 0.2) is 59.1 Å². The van der Waals surface area contributed by atoms with Gasteiger partial charge in [0.15, 0.2) is 0 Å². The molecule has 18 heavy (non-hydrogen) atoms. The van der Waals surface area contributed by atoms with Crippen LogP contribution in [0.5, 0.6) is 0 Å². The molecule has 0 aromatic heterocycles. The van der Waals surface area contributed by atoms with Crippen molar-refractivity contribution in [2.45, 2.75) is 6.42 Å². The first-order valence-corrected chi connectivity index (χ1v) is 6.53. The average Bonchev–Trinajstić information content (AvgIpc) is 2.39. The van der Waals surface area contributed by atoms with E-state index in [1.807, 2.05) is 54.6 Å². The van der Waals surface area contributed by atoms with E-state index in [1.165, 1.54) is 0 Å². The van der Waals surface area contributed by atoms with Crippen molar-refractivity contribution in [1.82, 2.24) is 0 Å². The maximum absolute atomic E-state index is 12.2. The highest BCUT2D eigenvalue weighted by Crippen LogP contribution is 2.25. The van der Waals surface area contributed by atoms with Gasteiger partial charge in [-0.3, -0.25) is 4.79 Å².